The molecule has 1 fully saturated rings. The van der Waals surface area contributed by atoms with Crippen molar-refractivity contribution in [3.63, 3.8) is 0 Å². The number of halogens is 2. The van der Waals surface area contributed by atoms with E-state index >= 15 is 0 Å². The van der Waals surface area contributed by atoms with Gasteiger partial charge in [0.1, 0.15) is 6.04 Å². The average molecular weight is 612 g/mol. The van der Waals surface area contributed by atoms with Crippen molar-refractivity contribution >= 4 is 52.5 Å². The quantitative estimate of drug-likeness (QED) is 0.142. The van der Waals surface area contributed by atoms with Crippen LogP contribution in [0.25, 0.3) is 5.52 Å². The Labute approximate surface area is 250 Å². The molecule has 0 saturated carbocycles. The number of hydrogen-bond acceptors (Lipinski definition) is 6. The fraction of sp³-hybridized carbons (Fsp3) is 0.321. The van der Waals surface area contributed by atoms with Crippen molar-refractivity contribution in [1.82, 2.24) is 24.8 Å². The number of fused-ring (bicyclic) bond motifs is 2. The molecule has 2 atom stereocenters. The van der Waals surface area contributed by atoms with Crippen molar-refractivity contribution in [3.8, 4) is 6.19 Å². The lowest BCUT2D eigenvalue weighted by atomic mass is 9.96. The summed E-state index contributed by atoms with van der Waals surface area (Å²) in [7, 11) is 0. The Kier molecular flexibility index (Phi) is 8.54. The van der Waals surface area contributed by atoms with Crippen molar-refractivity contribution < 1.29 is 24.6 Å². The molecule has 4 N–H and O–H groups in total. The van der Waals surface area contributed by atoms with Crippen LogP contribution in [-0.2, 0) is 17.8 Å². The molecule has 42 heavy (non-hydrogen) atoms. The molecule has 2 amide bonds. The third-order valence-electron chi connectivity index (χ3n) is 7.33. The van der Waals surface area contributed by atoms with Gasteiger partial charge in [-0.1, -0.05) is 29.3 Å². The number of hydrogen-bond donors (Lipinski definition) is 4. The Morgan fingerprint density at radius 2 is 2.00 bits per heavy atom. The molecule has 0 spiro atoms. The lowest BCUT2D eigenvalue weighted by Gasteiger charge is -2.30. The Bertz CT molecular complexity index is 1600. The van der Waals surface area contributed by atoms with Gasteiger partial charge >= 0.3 is 5.97 Å². The van der Waals surface area contributed by atoms with Crippen LogP contribution in [0.2, 0.25) is 10.0 Å². The van der Waals surface area contributed by atoms with Crippen molar-refractivity contribution in [3.05, 3.63) is 75.0 Å². The number of nitrogens with zero attached hydrogens (tertiary/aromatic N) is 5. The van der Waals surface area contributed by atoms with E-state index in [0.717, 1.165) is 5.52 Å². The highest BCUT2D eigenvalue weighted by molar-refractivity contribution is 6.40. The lowest BCUT2D eigenvalue weighted by molar-refractivity contribution is -0.138. The van der Waals surface area contributed by atoms with Gasteiger partial charge in [0.15, 0.2) is 6.19 Å². The number of aliphatic carboxylic acids is 1. The molecule has 0 bridgehead atoms. The first-order valence-corrected chi connectivity index (χ1v) is 13.9. The first kappa shape index (κ1) is 29.2. The van der Waals surface area contributed by atoms with E-state index in [-0.39, 0.29) is 47.1 Å². The van der Waals surface area contributed by atoms with E-state index in [9.17, 15) is 24.6 Å². The SMILES string of the molecule is N#CNC(=NCC(NC(=O)c1c(Cl)cc2c(c1Cl)CCN(C(=O)c1cc3ccccn3c1)C2)C(=O)O)N1CC[C@H](O)C1. The zero-order valence-electron chi connectivity index (χ0n) is 22.3. The minimum Gasteiger partial charge on any atom is -0.480 e. The third kappa shape index (κ3) is 5.99. The number of nitrogens with one attached hydrogen (secondary N) is 2. The lowest BCUT2D eigenvalue weighted by Crippen LogP contribution is -2.45. The van der Waals surface area contributed by atoms with Crippen LogP contribution < -0.4 is 10.6 Å². The molecule has 1 saturated heterocycles. The zero-order valence-corrected chi connectivity index (χ0v) is 23.8. The Hall–Kier alpha value is -4.31. The number of aromatic nitrogens is 1. The van der Waals surface area contributed by atoms with Gasteiger partial charge in [-0.25, -0.2) is 9.79 Å². The number of β-amino-alcohol motifs (C(OH)–C–C–N with tert-alkyl or cyclic N) is 1. The smallest absolute Gasteiger partial charge is 0.328 e. The second-order valence-corrected chi connectivity index (χ2v) is 10.9. The van der Waals surface area contributed by atoms with E-state index in [1.165, 1.54) is 0 Å². The molecule has 1 unspecified atom stereocenters. The summed E-state index contributed by atoms with van der Waals surface area (Å²) >= 11 is 13.1. The van der Waals surface area contributed by atoms with Crippen molar-refractivity contribution in [2.75, 3.05) is 26.2 Å². The summed E-state index contributed by atoms with van der Waals surface area (Å²) in [5, 5.41) is 33.5. The molecule has 2 aliphatic rings. The van der Waals surface area contributed by atoms with Gasteiger partial charge in [0.25, 0.3) is 11.8 Å². The molecule has 14 heteroatoms. The molecule has 2 aliphatic heterocycles. The molecule has 218 valence electrons. The molecular weight excluding hydrogens is 585 g/mol. The van der Waals surface area contributed by atoms with Crippen LogP contribution in [0.5, 0.6) is 0 Å². The number of aliphatic hydroxyl groups is 1. The van der Waals surface area contributed by atoms with Crippen LogP contribution >= 0.6 is 23.2 Å². The number of pyridine rings is 1. The third-order valence-corrected chi connectivity index (χ3v) is 8.04. The number of guanidine groups is 1. The van der Waals surface area contributed by atoms with Gasteiger partial charge in [-0.2, -0.15) is 5.26 Å². The Morgan fingerprint density at radius 3 is 2.69 bits per heavy atom. The van der Waals surface area contributed by atoms with Crippen LogP contribution in [0.1, 0.15) is 38.3 Å². The van der Waals surface area contributed by atoms with Gasteiger partial charge in [-0.3, -0.25) is 14.9 Å². The number of carbonyl (C=O) groups is 3. The highest BCUT2D eigenvalue weighted by Crippen LogP contribution is 2.35. The van der Waals surface area contributed by atoms with Crippen LogP contribution in [0, 0.1) is 11.5 Å². The topological polar surface area (TPSA) is 163 Å². The monoisotopic (exact) mass is 611 g/mol. The molecule has 0 radical (unpaired) electrons. The van der Waals surface area contributed by atoms with Crippen molar-refractivity contribution in [2.45, 2.75) is 31.5 Å². The highest BCUT2D eigenvalue weighted by Gasteiger charge is 2.30. The van der Waals surface area contributed by atoms with Gasteiger partial charge in [-0.15, -0.1) is 0 Å². The number of carbonyl (C=O) groups excluding carboxylic acids is 2. The second kappa shape index (κ2) is 12.3. The van der Waals surface area contributed by atoms with Crippen LogP contribution in [0.4, 0.5) is 0 Å². The number of carboxylic acid groups (broad SMARTS) is 1. The Balaban J connectivity index is 1.31. The number of aliphatic hydroxyl groups excluding tert-OH is 1. The summed E-state index contributed by atoms with van der Waals surface area (Å²) in [6.45, 7) is 0.902. The number of amides is 2. The maximum absolute atomic E-state index is 13.2. The van der Waals surface area contributed by atoms with E-state index in [0.29, 0.717) is 42.6 Å². The van der Waals surface area contributed by atoms with E-state index in [1.54, 1.807) is 28.3 Å². The number of nitriles is 1. The predicted molar refractivity (Wildman–Crippen MR) is 154 cm³/mol. The fourth-order valence-electron chi connectivity index (χ4n) is 5.18. The minimum atomic E-state index is -1.45. The first-order valence-electron chi connectivity index (χ1n) is 13.2. The fourth-order valence-corrected chi connectivity index (χ4v) is 5.95. The molecule has 2 aromatic heterocycles. The van der Waals surface area contributed by atoms with E-state index in [2.05, 4.69) is 15.6 Å². The summed E-state index contributed by atoms with van der Waals surface area (Å²) in [5.74, 6) is -2.17. The van der Waals surface area contributed by atoms with Gasteiger partial charge in [0.05, 0.1) is 33.8 Å². The molecule has 3 aromatic rings. The second-order valence-electron chi connectivity index (χ2n) is 10.1. The van der Waals surface area contributed by atoms with Crippen LogP contribution in [-0.4, -0.2) is 86.5 Å². The van der Waals surface area contributed by atoms with Gasteiger partial charge < -0.3 is 29.7 Å². The van der Waals surface area contributed by atoms with Gasteiger partial charge in [-0.05, 0) is 48.2 Å². The summed E-state index contributed by atoms with van der Waals surface area (Å²) in [6.07, 6.45) is 5.67. The summed E-state index contributed by atoms with van der Waals surface area (Å²) in [5.41, 5.74) is 2.75. The standard InChI is InChI=1S/C28H27Cl2N7O5/c29-21-10-16-12-36(26(40)17-9-18-3-1-2-6-35(18)13-17)8-5-20(16)24(30)23(21)25(39)34-22(27(41)42)11-32-28(33-15-31)37-7-4-19(38)14-37/h1-3,6,9-10,13,19,22,38H,4-5,7-8,11-12,14H2,(H,32,33)(H,34,39)(H,41,42)/t19-,22?/m0/s1. The summed E-state index contributed by atoms with van der Waals surface area (Å²) < 4.78 is 1.87. The van der Waals surface area contributed by atoms with Crippen molar-refractivity contribution in [2.24, 2.45) is 4.99 Å². The van der Waals surface area contributed by atoms with Crippen LogP contribution in [0.3, 0.4) is 0 Å². The molecule has 1 aromatic carbocycles. The maximum atomic E-state index is 13.2. The number of rotatable bonds is 6. The van der Waals surface area contributed by atoms with Gasteiger partial charge in [0, 0.05) is 44.1 Å². The number of carboxylic acids is 1. The van der Waals surface area contributed by atoms with Crippen LogP contribution in [0.15, 0.2) is 47.7 Å². The highest BCUT2D eigenvalue weighted by atomic mass is 35.5. The Morgan fingerprint density at radius 1 is 1.19 bits per heavy atom. The largest absolute Gasteiger partial charge is 0.480 e. The van der Waals surface area contributed by atoms with E-state index in [4.69, 9.17) is 28.5 Å². The molecule has 12 nitrogen and oxygen atoms in total. The maximum Gasteiger partial charge on any atom is 0.328 e. The number of benzene rings is 1. The van der Waals surface area contributed by atoms with E-state index < -0.39 is 24.0 Å². The average Bonchev–Trinajstić information content (AvgIpc) is 3.60. The predicted octanol–water partition coefficient (Wildman–Crippen LogP) is 2.12. The summed E-state index contributed by atoms with van der Waals surface area (Å²) in [4.78, 5) is 45.9. The van der Waals surface area contributed by atoms with Crippen molar-refractivity contribution in [1.29, 1.82) is 5.26 Å². The minimum absolute atomic E-state index is 0.0192. The number of likely N-dealkylation sites (tertiary alicyclic amines) is 1. The summed E-state index contributed by atoms with van der Waals surface area (Å²) in [6, 6.07) is 7.64. The van der Waals surface area contributed by atoms with Gasteiger partial charge in [0.2, 0.25) is 5.96 Å². The first-order chi connectivity index (χ1) is 20.2. The number of aliphatic imine (C=N–C) groups is 1. The zero-order chi connectivity index (χ0) is 30.0. The molecule has 4 heterocycles. The normalized spacial score (nSPS) is 17.5. The van der Waals surface area contributed by atoms with E-state index in [1.807, 2.05) is 34.9 Å². The molecule has 5 rings (SSSR count). The molecular formula is C28H27Cl2N7O5. The molecule has 0 aliphatic carbocycles.